The molecule has 25 heavy (non-hydrogen) atoms. The molecule has 3 aromatic rings. The average molecular weight is 331 g/mol. The smallest absolute Gasteiger partial charge is 0.244 e. The van der Waals surface area contributed by atoms with Crippen LogP contribution in [0.5, 0.6) is 0 Å². The zero-order chi connectivity index (χ0) is 17.6. The van der Waals surface area contributed by atoms with Gasteiger partial charge < -0.3 is 4.57 Å². The lowest BCUT2D eigenvalue weighted by Gasteiger charge is -2.12. The molecule has 126 valence electrons. The minimum absolute atomic E-state index is 0.108. The van der Waals surface area contributed by atoms with Crippen molar-refractivity contribution in [2.45, 2.75) is 6.42 Å². The maximum atomic E-state index is 12.0. The first-order chi connectivity index (χ1) is 12.1. The molecular formula is C21H21N3O. The van der Waals surface area contributed by atoms with Gasteiger partial charge >= 0.3 is 0 Å². The molecule has 0 atom stereocenters. The third-order valence-corrected chi connectivity index (χ3v) is 4.09. The summed E-state index contributed by atoms with van der Waals surface area (Å²) in [5.74, 6) is -0.108. The second kappa shape index (κ2) is 7.53. The summed E-state index contributed by atoms with van der Waals surface area (Å²) < 4.78 is 1.93. The quantitative estimate of drug-likeness (QED) is 0.679. The topological polar surface area (TPSA) is 46.1 Å². The van der Waals surface area contributed by atoms with Gasteiger partial charge in [-0.3, -0.25) is 15.6 Å². The number of hydrogen-bond donors (Lipinski definition) is 2. The Kier molecular flexibility index (Phi) is 5.00. The lowest BCUT2D eigenvalue weighted by molar-refractivity contribution is -0.121. The second-order valence-electron chi connectivity index (χ2n) is 5.88. The van der Waals surface area contributed by atoms with Gasteiger partial charge in [-0.05, 0) is 28.8 Å². The normalized spacial score (nSPS) is 10.3. The molecule has 3 rings (SSSR count). The molecule has 0 unspecified atom stereocenters. The van der Waals surface area contributed by atoms with Crippen molar-refractivity contribution in [3.63, 3.8) is 0 Å². The molecule has 0 aliphatic carbocycles. The van der Waals surface area contributed by atoms with E-state index in [2.05, 4.69) is 29.6 Å². The Morgan fingerprint density at radius 3 is 2.24 bits per heavy atom. The van der Waals surface area contributed by atoms with Gasteiger partial charge in [0.05, 0.1) is 12.1 Å². The molecule has 1 heterocycles. The summed E-state index contributed by atoms with van der Waals surface area (Å²) in [5, 5.41) is 0. The van der Waals surface area contributed by atoms with Crippen LogP contribution in [0, 0.1) is 0 Å². The predicted octanol–water partition coefficient (Wildman–Crippen LogP) is 3.53. The lowest BCUT2D eigenvalue weighted by Crippen LogP contribution is -2.37. The van der Waals surface area contributed by atoms with Crippen LogP contribution in [-0.2, 0) is 18.3 Å². The molecular weight excluding hydrogens is 310 g/mol. The number of rotatable bonds is 6. The van der Waals surface area contributed by atoms with E-state index in [0.29, 0.717) is 12.1 Å². The van der Waals surface area contributed by atoms with E-state index in [9.17, 15) is 4.79 Å². The number of nitrogens with one attached hydrogen (secondary N) is 2. The lowest BCUT2D eigenvalue weighted by atomic mass is 10.0. The molecule has 0 saturated carbocycles. The largest absolute Gasteiger partial charge is 0.354 e. The molecule has 0 radical (unpaired) electrons. The van der Waals surface area contributed by atoms with Gasteiger partial charge in [0.1, 0.15) is 0 Å². The fourth-order valence-electron chi connectivity index (χ4n) is 2.60. The molecule has 1 amide bonds. The van der Waals surface area contributed by atoms with E-state index in [1.165, 1.54) is 5.56 Å². The minimum Gasteiger partial charge on any atom is -0.354 e. The van der Waals surface area contributed by atoms with Crippen molar-refractivity contribution in [3.05, 3.63) is 90.8 Å². The Bertz CT molecular complexity index is 864. The van der Waals surface area contributed by atoms with Crippen molar-refractivity contribution in [2.75, 3.05) is 0 Å². The second-order valence-corrected chi connectivity index (χ2v) is 5.88. The molecule has 1 aromatic heterocycles. The number of benzene rings is 2. The number of nitrogens with zero attached hydrogens (tertiary/aromatic N) is 1. The predicted molar refractivity (Wildman–Crippen MR) is 101 cm³/mol. The molecule has 4 heteroatoms. The molecule has 2 aromatic carbocycles. The zero-order valence-electron chi connectivity index (χ0n) is 14.2. The first-order valence-electron chi connectivity index (χ1n) is 8.13. The van der Waals surface area contributed by atoms with Crippen LogP contribution in [-0.4, -0.2) is 10.5 Å². The molecule has 2 N–H and O–H groups in total. The molecule has 0 aliphatic rings. The fraction of sp³-hybridized carbons (Fsp3) is 0.0952. The van der Waals surface area contributed by atoms with Crippen molar-refractivity contribution in [2.24, 2.45) is 7.05 Å². The molecule has 0 saturated heterocycles. The fourth-order valence-corrected chi connectivity index (χ4v) is 2.60. The number of carbonyl (C=O) groups is 1. The Labute approximate surface area is 147 Å². The van der Waals surface area contributed by atoms with Gasteiger partial charge in [-0.2, -0.15) is 0 Å². The third-order valence-electron chi connectivity index (χ3n) is 4.09. The van der Waals surface area contributed by atoms with Crippen molar-refractivity contribution in [3.8, 4) is 11.1 Å². The highest BCUT2D eigenvalue weighted by Gasteiger charge is 2.06. The van der Waals surface area contributed by atoms with Gasteiger partial charge in [-0.15, -0.1) is 0 Å². The van der Waals surface area contributed by atoms with Gasteiger partial charge in [0.25, 0.3) is 0 Å². The van der Waals surface area contributed by atoms with Gasteiger partial charge in [0, 0.05) is 18.9 Å². The van der Waals surface area contributed by atoms with Gasteiger partial charge in [0.2, 0.25) is 5.91 Å². The van der Waals surface area contributed by atoms with Crippen LogP contribution in [0.1, 0.15) is 11.3 Å². The van der Waals surface area contributed by atoms with E-state index in [1.807, 2.05) is 72.4 Å². The summed E-state index contributed by atoms with van der Waals surface area (Å²) in [6, 6.07) is 22.1. The van der Waals surface area contributed by atoms with E-state index in [-0.39, 0.29) is 5.91 Å². The monoisotopic (exact) mass is 331 g/mol. The van der Waals surface area contributed by atoms with Crippen molar-refractivity contribution >= 4 is 11.6 Å². The van der Waals surface area contributed by atoms with E-state index in [0.717, 1.165) is 16.8 Å². The maximum Gasteiger partial charge on any atom is 0.244 e. The number of aromatic nitrogens is 1. The van der Waals surface area contributed by atoms with E-state index in [4.69, 9.17) is 0 Å². The minimum atomic E-state index is -0.108. The van der Waals surface area contributed by atoms with Crippen molar-refractivity contribution < 1.29 is 4.79 Å². The summed E-state index contributed by atoms with van der Waals surface area (Å²) >= 11 is 0. The Balaban J connectivity index is 1.56. The summed E-state index contributed by atoms with van der Waals surface area (Å²) in [7, 11) is 1.92. The van der Waals surface area contributed by atoms with Crippen molar-refractivity contribution in [1.29, 1.82) is 0 Å². The molecule has 0 spiro atoms. The van der Waals surface area contributed by atoms with E-state index in [1.54, 1.807) is 0 Å². The highest BCUT2D eigenvalue weighted by atomic mass is 16.2. The van der Waals surface area contributed by atoms with E-state index >= 15 is 0 Å². The summed E-state index contributed by atoms with van der Waals surface area (Å²) in [5.41, 5.74) is 10.4. The number of aryl methyl sites for hydroxylation is 1. The number of carbonyl (C=O) groups excluding carboxylic acids is 1. The SMILES string of the molecule is C=C(NNC(=O)Cc1cccn1C)c1ccc(-c2ccccc2)cc1. The van der Waals surface area contributed by atoms with Crippen LogP contribution in [0.4, 0.5) is 0 Å². The highest BCUT2D eigenvalue weighted by Crippen LogP contribution is 2.20. The van der Waals surface area contributed by atoms with Crippen molar-refractivity contribution in [1.82, 2.24) is 15.4 Å². The van der Waals surface area contributed by atoms with Crippen LogP contribution in [0.3, 0.4) is 0 Å². The Morgan fingerprint density at radius 1 is 0.920 bits per heavy atom. The van der Waals surface area contributed by atoms with Crippen LogP contribution < -0.4 is 10.9 Å². The summed E-state index contributed by atoms with van der Waals surface area (Å²) in [4.78, 5) is 12.0. The molecule has 0 bridgehead atoms. The maximum absolute atomic E-state index is 12.0. The highest BCUT2D eigenvalue weighted by molar-refractivity contribution is 5.79. The average Bonchev–Trinajstić information content (AvgIpc) is 3.05. The first kappa shape index (κ1) is 16.6. The number of amides is 1. The van der Waals surface area contributed by atoms with Gasteiger partial charge in [0.15, 0.2) is 0 Å². The molecule has 0 aliphatic heterocycles. The third kappa shape index (κ3) is 4.18. The number of hydrazine groups is 1. The zero-order valence-corrected chi connectivity index (χ0v) is 14.2. The van der Waals surface area contributed by atoms with Crippen LogP contribution in [0.15, 0.2) is 79.5 Å². The first-order valence-corrected chi connectivity index (χ1v) is 8.13. The van der Waals surface area contributed by atoms with Crippen LogP contribution in [0.25, 0.3) is 16.8 Å². The standard InChI is InChI=1S/C21H21N3O/c1-16(22-23-21(25)15-20-9-6-14-24(20)2)17-10-12-19(13-11-17)18-7-4-3-5-8-18/h3-14,22H,1,15H2,2H3,(H,23,25). The molecule has 4 nitrogen and oxygen atoms in total. The van der Waals surface area contributed by atoms with E-state index < -0.39 is 0 Å². The van der Waals surface area contributed by atoms with Gasteiger partial charge in [-0.1, -0.05) is 61.2 Å². The summed E-state index contributed by atoms with van der Waals surface area (Å²) in [6.07, 6.45) is 2.24. The van der Waals surface area contributed by atoms with Crippen LogP contribution in [0.2, 0.25) is 0 Å². The Hall–Kier alpha value is -3.27. The Morgan fingerprint density at radius 2 is 1.60 bits per heavy atom. The molecule has 0 fully saturated rings. The van der Waals surface area contributed by atoms with Gasteiger partial charge in [-0.25, -0.2) is 0 Å². The van der Waals surface area contributed by atoms with Crippen LogP contribution >= 0.6 is 0 Å². The summed E-state index contributed by atoms with van der Waals surface area (Å²) in [6.45, 7) is 3.98. The number of hydrogen-bond acceptors (Lipinski definition) is 2.